The van der Waals surface area contributed by atoms with Gasteiger partial charge in [0.1, 0.15) is 0 Å². The number of benzene rings is 1. The van der Waals surface area contributed by atoms with Gasteiger partial charge in [-0.05, 0) is 43.2 Å². The van der Waals surface area contributed by atoms with Gasteiger partial charge in [-0.1, -0.05) is 18.2 Å². The third-order valence-corrected chi connectivity index (χ3v) is 5.10. The van der Waals surface area contributed by atoms with Crippen molar-refractivity contribution in [2.75, 3.05) is 26.3 Å². The summed E-state index contributed by atoms with van der Waals surface area (Å²) in [6, 6.07) is 10.2. The van der Waals surface area contributed by atoms with E-state index in [1.54, 1.807) is 11.3 Å². The van der Waals surface area contributed by atoms with E-state index in [2.05, 4.69) is 12.1 Å². The fourth-order valence-electron chi connectivity index (χ4n) is 2.91. The number of piperidine rings is 1. The molecule has 3 nitrogen and oxygen atoms in total. The Bertz CT molecular complexity index is 589. The summed E-state index contributed by atoms with van der Waals surface area (Å²) in [4.78, 5) is 15.5. The van der Waals surface area contributed by atoms with Crippen molar-refractivity contribution in [1.82, 2.24) is 4.90 Å². The molecule has 1 atom stereocenters. The lowest BCUT2D eigenvalue weighted by Crippen LogP contribution is -2.41. The number of ether oxygens (including phenoxy) is 1. The molecule has 4 heteroatoms. The van der Waals surface area contributed by atoms with Crippen LogP contribution in [0.25, 0.3) is 10.1 Å². The summed E-state index contributed by atoms with van der Waals surface area (Å²) in [5, 5.41) is 1.16. The number of hydrogen-bond donors (Lipinski definition) is 0. The van der Waals surface area contributed by atoms with Crippen molar-refractivity contribution < 1.29 is 9.53 Å². The molecule has 0 radical (unpaired) electrons. The van der Waals surface area contributed by atoms with Crippen LogP contribution in [-0.2, 0) is 4.74 Å². The van der Waals surface area contributed by atoms with Crippen molar-refractivity contribution in [3.63, 3.8) is 0 Å². The Morgan fingerprint density at radius 1 is 1.43 bits per heavy atom. The minimum absolute atomic E-state index is 0.178. The van der Waals surface area contributed by atoms with Crippen LogP contribution in [-0.4, -0.2) is 37.1 Å². The molecule has 1 saturated heterocycles. The number of carbonyl (C=O) groups is 1. The van der Waals surface area contributed by atoms with Gasteiger partial charge in [-0.25, -0.2) is 0 Å². The average Bonchev–Trinajstić information content (AvgIpc) is 2.96. The minimum atomic E-state index is 0.178. The Morgan fingerprint density at radius 3 is 3.10 bits per heavy atom. The molecule has 21 heavy (non-hydrogen) atoms. The molecule has 1 aliphatic rings. The highest BCUT2D eigenvalue weighted by Crippen LogP contribution is 2.27. The molecule has 2 aromatic rings. The second kappa shape index (κ2) is 6.58. The van der Waals surface area contributed by atoms with E-state index in [0.29, 0.717) is 5.92 Å². The molecule has 0 N–H and O–H groups in total. The van der Waals surface area contributed by atoms with Gasteiger partial charge in [0, 0.05) is 24.4 Å². The van der Waals surface area contributed by atoms with Gasteiger partial charge in [0.2, 0.25) is 0 Å². The molecular weight excluding hydrogens is 282 g/mol. The molecule has 112 valence electrons. The zero-order valence-corrected chi connectivity index (χ0v) is 13.2. The van der Waals surface area contributed by atoms with Gasteiger partial charge < -0.3 is 9.64 Å². The fourth-order valence-corrected chi connectivity index (χ4v) is 3.94. The molecule has 0 saturated carbocycles. The van der Waals surface area contributed by atoms with Gasteiger partial charge in [0.05, 0.1) is 11.5 Å². The van der Waals surface area contributed by atoms with E-state index in [9.17, 15) is 4.79 Å². The van der Waals surface area contributed by atoms with Crippen LogP contribution in [0.5, 0.6) is 0 Å². The summed E-state index contributed by atoms with van der Waals surface area (Å²) >= 11 is 1.60. The summed E-state index contributed by atoms with van der Waals surface area (Å²) < 4.78 is 6.70. The maximum Gasteiger partial charge on any atom is 0.263 e. The van der Waals surface area contributed by atoms with Gasteiger partial charge in [-0.2, -0.15) is 0 Å². The van der Waals surface area contributed by atoms with Gasteiger partial charge in [0.15, 0.2) is 0 Å². The van der Waals surface area contributed by atoms with Crippen LogP contribution < -0.4 is 0 Å². The Labute approximate surface area is 129 Å². The molecule has 0 spiro atoms. The molecule has 0 bridgehead atoms. The lowest BCUT2D eigenvalue weighted by atomic mass is 9.99. The topological polar surface area (TPSA) is 29.5 Å². The molecule has 1 amide bonds. The summed E-state index contributed by atoms with van der Waals surface area (Å²) in [5.74, 6) is 0.662. The van der Waals surface area contributed by atoms with Crippen molar-refractivity contribution in [2.24, 2.45) is 5.92 Å². The summed E-state index contributed by atoms with van der Waals surface area (Å²) in [5.41, 5.74) is 0. The zero-order valence-electron chi connectivity index (χ0n) is 12.4. The van der Waals surface area contributed by atoms with Crippen LogP contribution in [0.2, 0.25) is 0 Å². The minimum Gasteiger partial charge on any atom is -0.381 e. The lowest BCUT2D eigenvalue weighted by Gasteiger charge is -2.32. The monoisotopic (exact) mass is 303 g/mol. The highest BCUT2D eigenvalue weighted by molar-refractivity contribution is 7.20. The van der Waals surface area contributed by atoms with Gasteiger partial charge >= 0.3 is 0 Å². The Balaban J connectivity index is 1.71. The number of likely N-dealkylation sites (tertiary alicyclic amines) is 1. The summed E-state index contributed by atoms with van der Waals surface area (Å²) in [7, 11) is 0. The predicted octanol–water partition coefficient (Wildman–Crippen LogP) is 3.79. The maximum absolute atomic E-state index is 12.7. The first kappa shape index (κ1) is 14.5. The Hall–Kier alpha value is -1.39. The number of nitrogens with zero attached hydrogens (tertiary/aromatic N) is 1. The van der Waals surface area contributed by atoms with Crippen LogP contribution in [0.3, 0.4) is 0 Å². The smallest absolute Gasteiger partial charge is 0.263 e. The first-order valence-electron chi connectivity index (χ1n) is 7.63. The fraction of sp³-hybridized carbons (Fsp3) is 0.471. The van der Waals surface area contributed by atoms with Crippen LogP contribution in [0.4, 0.5) is 0 Å². The molecule has 1 aromatic carbocycles. The number of hydrogen-bond acceptors (Lipinski definition) is 3. The standard InChI is InChI=1S/C17H21NO2S/c1-2-20-12-13-6-5-9-18(11-13)17(19)16-10-14-7-3-4-8-15(14)21-16/h3-4,7-8,10,13H,2,5-6,9,11-12H2,1H3. The SMILES string of the molecule is CCOCC1CCCN(C(=O)c2cc3ccccc3s2)C1. The van der Waals surface area contributed by atoms with Crippen LogP contribution in [0.1, 0.15) is 29.4 Å². The lowest BCUT2D eigenvalue weighted by molar-refractivity contribution is 0.0504. The van der Waals surface area contributed by atoms with E-state index in [4.69, 9.17) is 4.74 Å². The van der Waals surface area contributed by atoms with E-state index < -0.39 is 0 Å². The van der Waals surface area contributed by atoms with Crippen LogP contribution in [0.15, 0.2) is 30.3 Å². The molecule has 0 aliphatic carbocycles. The molecule has 1 unspecified atom stereocenters. The largest absolute Gasteiger partial charge is 0.381 e. The van der Waals surface area contributed by atoms with E-state index in [-0.39, 0.29) is 5.91 Å². The molecule has 2 heterocycles. The number of amides is 1. The zero-order chi connectivity index (χ0) is 14.7. The van der Waals surface area contributed by atoms with Crippen molar-refractivity contribution in [2.45, 2.75) is 19.8 Å². The molecule has 1 aromatic heterocycles. The quantitative estimate of drug-likeness (QED) is 0.860. The van der Waals surface area contributed by atoms with Crippen molar-refractivity contribution in [1.29, 1.82) is 0 Å². The summed E-state index contributed by atoms with van der Waals surface area (Å²) in [6.45, 7) is 5.24. The predicted molar refractivity (Wildman–Crippen MR) is 86.9 cm³/mol. The van der Waals surface area contributed by atoms with Crippen molar-refractivity contribution >= 4 is 27.3 Å². The Kier molecular flexibility index (Phi) is 4.56. The molecular formula is C17H21NO2S. The van der Waals surface area contributed by atoms with Crippen LogP contribution in [0, 0.1) is 5.92 Å². The van der Waals surface area contributed by atoms with Crippen molar-refractivity contribution in [3.8, 4) is 0 Å². The molecule has 3 rings (SSSR count). The number of carbonyl (C=O) groups excluding carboxylic acids is 1. The highest BCUT2D eigenvalue weighted by Gasteiger charge is 2.25. The van der Waals surface area contributed by atoms with Gasteiger partial charge in [0.25, 0.3) is 5.91 Å². The second-order valence-electron chi connectivity index (χ2n) is 5.57. The number of thiophene rings is 1. The first-order valence-corrected chi connectivity index (χ1v) is 8.45. The van der Waals surface area contributed by atoms with Gasteiger partial charge in [-0.3, -0.25) is 4.79 Å². The maximum atomic E-state index is 12.7. The van der Waals surface area contributed by atoms with E-state index in [0.717, 1.165) is 49.4 Å². The second-order valence-corrected chi connectivity index (χ2v) is 6.65. The van der Waals surface area contributed by atoms with E-state index in [1.165, 1.54) is 4.70 Å². The molecule has 1 aliphatic heterocycles. The number of rotatable bonds is 4. The third-order valence-electron chi connectivity index (χ3n) is 4.00. The van der Waals surface area contributed by atoms with Gasteiger partial charge in [-0.15, -0.1) is 11.3 Å². The van der Waals surface area contributed by atoms with Crippen molar-refractivity contribution in [3.05, 3.63) is 35.2 Å². The Morgan fingerprint density at radius 2 is 2.29 bits per heavy atom. The summed E-state index contributed by atoms with van der Waals surface area (Å²) in [6.07, 6.45) is 2.24. The average molecular weight is 303 g/mol. The first-order chi connectivity index (χ1) is 10.3. The van der Waals surface area contributed by atoms with E-state index in [1.807, 2.05) is 30.0 Å². The van der Waals surface area contributed by atoms with Crippen LogP contribution >= 0.6 is 11.3 Å². The number of fused-ring (bicyclic) bond motifs is 1. The normalized spacial score (nSPS) is 19.1. The highest BCUT2D eigenvalue weighted by atomic mass is 32.1. The molecule has 1 fully saturated rings. The van der Waals surface area contributed by atoms with E-state index >= 15 is 0 Å². The third kappa shape index (κ3) is 3.27.